The lowest BCUT2D eigenvalue weighted by atomic mass is 9.65. The molecule has 1 saturated heterocycles. The summed E-state index contributed by atoms with van der Waals surface area (Å²) in [4.78, 5) is 19.0. The first-order valence-electron chi connectivity index (χ1n) is 9.16. The van der Waals surface area contributed by atoms with E-state index in [0.29, 0.717) is 18.7 Å². The number of hydrogen-bond acceptors (Lipinski definition) is 2. The second kappa shape index (κ2) is 7.46. The van der Waals surface area contributed by atoms with E-state index < -0.39 is 0 Å². The van der Waals surface area contributed by atoms with E-state index in [1.807, 2.05) is 31.2 Å². The maximum atomic E-state index is 11.8. The summed E-state index contributed by atoms with van der Waals surface area (Å²) in [6.07, 6.45) is 0. The first kappa shape index (κ1) is 19.3. The molecule has 1 amide bonds. The smallest absolute Gasteiger partial charge is 0.251 e. The van der Waals surface area contributed by atoms with Crippen molar-refractivity contribution < 1.29 is 4.79 Å². The molecular formula is C20H32N4O. The van der Waals surface area contributed by atoms with Crippen molar-refractivity contribution in [2.45, 2.75) is 53.6 Å². The standard InChI is InChI=1S/C20H32N4O/c1-7-21-17(25)16-11-9-15(10-12-16)13-23-18(22-8-2)24-14-19(3,4)20(24,5)6/h9-12H,7-8,13-14H2,1-6H3,(H,21,25)(H,22,23). The number of carbonyl (C=O) groups excluding carboxylic acids is 1. The van der Waals surface area contributed by atoms with Crippen LogP contribution < -0.4 is 10.6 Å². The Labute approximate surface area is 151 Å². The van der Waals surface area contributed by atoms with Crippen molar-refractivity contribution in [3.63, 3.8) is 0 Å². The lowest BCUT2D eigenvalue weighted by Gasteiger charge is -2.62. The Hall–Kier alpha value is -2.04. The van der Waals surface area contributed by atoms with E-state index in [9.17, 15) is 4.79 Å². The number of nitrogens with one attached hydrogen (secondary N) is 2. The van der Waals surface area contributed by atoms with E-state index in [1.165, 1.54) is 0 Å². The summed E-state index contributed by atoms with van der Waals surface area (Å²) in [6.45, 7) is 16.2. The van der Waals surface area contributed by atoms with Crippen LogP contribution in [0, 0.1) is 5.41 Å². The van der Waals surface area contributed by atoms with Gasteiger partial charge in [0, 0.05) is 36.2 Å². The summed E-state index contributed by atoms with van der Waals surface area (Å²) in [5.41, 5.74) is 2.14. The van der Waals surface area contributed by atoms with Gasteiger partial charge in [-0.3, -0.25) is 4.79 Å². The number of nitrogens with zero attached hydrogens (tertiary/aromatic N) is 2. The van der Waals surface area contributed by atoms with Crippen LogP contribution in [0.2, 0.25) is 0 Å². The fourth-order valence-corrected chi connectivity index (χ4v) is 2.99. The molecule has 0 saturated carbocycles. The number of hydrogen-bond donors (Lipinski definition) is 2. The first-order chi connectivity index (χ1) is 11.7. The van der Waals surface area contributed by atoms with E-state index >= 15 is 0 Å². The third-order valence-electron chi connectivity index (χ3n) is 5.44. The number of amides is 1. The second-order valence-corrected chi connectivity index (χ2v) is 7.76. The molecule has 0 aromatic heterocycles. The van der Waals surface area contributed by atoms with E-state index in [-0.39, 0.29) is 16.9 Å². The summed E-state index contributed by atoms with van der Waals surface area (Å²) >= 11 is 0. The van der Waals surface area contributed by atoms with Crippen LogP contribution in [0.3, 0.4) is 0 Å². The van der Waals surface area contributed by atoms with Crippen molar-refractivity contribution in [1.82, 2.24) is 15.5 Å². The fourth-order valence-electron chi connectivity index (χ4n) is 2.99. The lowest BCUT2D eigenvalue weighted by molar-refractivity contribution is -0.0667. The SMILES string of the molecule is CCNC(=O)c1ccc(CN=C(NCC)N2CC(C)(C)C2(C)C)cc1. The molecule has 25 heavy (non-hydrogen) atoms. The van der Waals surface area contributed by atoms with Crippen LogP contribution >= 0.6 is 0 Å². The minimum absolute atomic E-state index is 0.0320. The van der Waals surface area contributed by atoms with Crippen LogP contribution in [0.5, 0.6) is 0 Å². The molecule has 5 nitrogen and oxygen atoms in total. The normalized spacial score (nSPS) is 18.5. The van der Waals surface area contributed by atoms with E-state index in [1.54, 1.807) is 0 Å². The zero-order chi connectivity index (χ0) is 18.7. The van der Waals surface area contributed by atoms with Crippen LogP contribution in [0.25, 0.3) is 0 Å². The molecule has 0 unspecified atom stereocenters. The molecule has 2 rings (SSSR count). The fraction of sp³-hybridized carbons (Fsp3) is 0.600. The highest BCUT2D eigenvalue weighted by molar-refractivity contribution is 5.94. The Morgan fingerprint density at radius 1 is 1.08 bits per heavy atom. The van der Waals surface area contributed by atoms with E-state index in [4.69, 9.17) is 4.99 Å². The molecule has 1 fully saturated rings. The third-order valence-corrected chi connectivity index (χ3v) is 5.44. The molecule has 2 N–H and O–H groups in total. The summed E-state index contributed by atoms with van der Waals surface area (Å²) in [5.74, 6) is 0.926. The quantitative estimate of drug-likeness (QED) is 0.638. The van der Waals surface area contributed by atoms with Crippen LogP contribution in [0.4, 0.5) is 0 Å². The largest absolute Gasteiger partial charge is 0.356 e. The predicted octanol–water partition coefficient (Wildman–Crippen LogP) is 3.02. The van der Waals surface area contributed by atoms with Crippen molar-refractivity contribution >= 4 is 11.9 Å². The summed E-state index contributed by atoms with van der Waals surface area (Å²) in [7, 11) is 0. The van der Waals surface area contributed by atoms with E-state index in [2.05, 4.69) is 50.2 Å². The van der Waals surface area contributed by atoms with Gasteiger partial charge in [-0.05, 0) is 45.4 Å². The molecule has 1 aromatic rings. The van der Waals surface area contributed by atoms with Gasteiger partial charge in [-0.25, -0.2) is 4.99 Å². The Bertz CT molecular complexity index is 632. The van der Waals surface area contributed by atoms with Crippen molar-refractivity contribution in [2.75, 3.05) is 19.6 Å². The van der Waals surface area contributed by atoms with Crippen molar-refractivity contribution in [1.29, 1.82) is 0 Å². The number of aliphatic imine (C=N–C) groups is 1. The van der Waals surface area contributed by atoms with Crippen molar-refractivity contribution in [3.05, 3.63) is 35.4 Å². The molecule has 0 bridgehead atoms. The molecule has 1 aliphatic rings. The predicted molar refractivity (Wildman–Crippen MR) is 104 cm³/mol. The maximum Gasteiger partial charge on any atom is 0.251 e. The second-order valence-electron chi connectivity index (χ2n) is 7.76. The van der Waals surface area contributed by atoms with Gasteiger partial charge in [-0.2, -0.15) is 0 Å². The van der Waals surface area contributed by atoms with Gasteiger partial charge in [-0.1, -0.05) is 26.0 Å². The molecule has 0 atom stereocenters. The Morgan fingerprint density at radius 2 is 1.68 bits per heavy atom. The summed E-state index contributed by atoms with van der Waals surface area (Å²) in [5, 5.41) is 6.22. The average molecular weight is 345 g/mol. The zero-order valence-corrected chi connectivity index (χ0v) is 16.4. The highest BCUT2D eigenvalue weighted by Crippen LogP contribution is 2.46. The number of rotatable bonds is 5. The molecule has 0 spiro atoms. The number of guanidine groups is 1. The molecule has 138 valence electrons. The van der Waals surface area contributed by atoms with Crippen LogP contribution in [0.1, 0.15) is 57.5 Å². The van der Waals surface area contributed by atoms with Gasteiger partial charge in [0.05, 0.1) is 6.54 Å². The highest BCUT2D eigenvalue weighted by atomic mass is 16.1. The number of carbonyl (C=O) groups is 1. The van der Waals surface area contributed by atoms with Gasteiger partial charge in [0.25, 0.3) is 5.91 Å². The molecule has 1 aromatic carbocycles. The van der Waals surface area contributed by atoms with Gasteiger partial charge < -0.3 is 15.5 Å². The van der Waals surface area contributed by atoms with Gasteiger partial charge in [-0.15, -0.1) is 0 Å². The summed E-state index contributed by atoms with van der Waals surface area (Å²) < 4.78 is 0. The molecule has 1 heterocycles. The average Bonchev–Trinajstić information content (AvgIpc) is 2.57. The molecule has 0 aliphatic carbocycles. The Morgan fingerprint density at radius 3 is 2.16 bits per heavy atom. The molecular weight excluding hydrogens is 312 g/mol. The maximum absolute atomic E-state index is 11.8. The van der Waals surface area contributed by atoms with Gasteiger partial charge in [0.1, 0.15) is 0 Å². The third kappa shape index (κ3) is 3.97. The number of benzene rings is 1. The number of likely N-dealkylation sites (tertiary alicyclic amines) is 1. The van der Waals surface area contributed by atoms with Crippen molar-refractivity contribution in [3.8, 4) is 0 Å². The molecule has 1 aliphatic heterocycles. The minimum atomic E-state index is -0.0320. The highest BCUT2D eigenvalue weighted by Gasteiger charge is 2.53. The molecule has 5 heteroatoms. The van der Waals surface area contributed by atoms with E-state index in [0.717, 1.165) is 24.6 Å². The van der Waals surface area contributed by atoms with Gasteiger partial charge in [0.15, 0.2) is 5.96 Å². The van der Waals surface area contributed by atoms with Crippen molar-refractivity contribution in [2.24, 2.45) is 10.4 Å². The van der Waals surface area contributed by atoms with Crippen LogP contribution in [-0.4, -0.2) is 41.9 Å². The van der Waals surface area contributed by atoms with Crippen LogP contribution in [-0.2, 0) is 6.54 Å². The topological polar surface area (TPSA) is 56.7 Å². The van der Waals surface area contributed by atoms with Gasteiger partial charge in [0.2, 0.25) is 0 Å². The van der Waals surface area contributed by atoms with Gasteiger partial charge >= 0.3 is 0 Å². The monoisotopic (exact) mass is 344 g/mol. The first-order valence-corrected chi connectivity index (χ1v) is 9.16. The lowest BCUT2D eigenvalue weighted by Crippen LogP contribution is -2.72. The summed E-state index contributed by atoms with van der Waals surface area (Å²) in [6, 6.07) is 7.67. The Kier molecular flexibility index (Phi) is 5.76. The molecule has 0 radical (unpaired) electrons. The zero-order valence-electron chi connectivity index (χ0n) is 16.4. The Balaban J connectivity index is 2.08. The van der Waals surface area contributed by atoms with Crippen LogP contribution in [0.15, 0.2) is 29.3 Å². The minimum Gasteiger partial charge on any atom is -0.356 e.